The number of hydrogen-bond donors (Lipinski definition) is 1. The summed E-state index contributed by atoms with van der Waals surface area (Å²) in [4.78, 5) is 28.6. The highest BCUT2D eigenvalue weighted by Gasteiger charge is 2.30. The molecule has 0 aliphatic carbocycles. The van der Waals surface area contributed by atoms with Crippen molar-refractivity contribution in [1.29, 1.82) is 0 Å². The van der Waals surface area contributed by atoms with Gasteiger partial charge in [0.1, 0.15) is 17.2 Å². The summed E-state index contributed by atoms with van der Waals surface area (Å²) in [5.74, 6) is -0.704. The summed E-state index contributed by atoms with van der Waals surface area (Å²) in [5.41, 5.74) is 1.94. The molecule has 1 N–H and O–H groups in total. The molecule has 2 heterocycles. The number of carbonyl (C=O) groups is 2. The minimum Gasteiger partial charge on any atom is -0.493 e. The van der Waals surface area contributed by atoms with Crippen LogP contribution in [0.3, 0.4) is 0 Å². The van der Waals surface area contributed by atoms with Gasteiger partial charge in [0, 0.05) is 34.6 Å². The molecule has 6 nitrogen and oxygen atoms in total. The van der Waals surface area contributed by atoms with Crippen LogP contribution >= 0.6 is 11.6 Å². The van der Waals surface area contributed by atoms with E-state index in [1.54, 1.807) is 42.5 Å². The Morgan fingerprint density at radius 3 is 2.33 bits per heavy atom. The third-order valence-corrected chi connectivity index (χ3v) is 6.81. The second-order valence-corrected chi connectivity index (χ2v) is 9.60. The summed E-state index contributed by atoms with van der Waals surface area (Å²) in [7, 11) is 0. The number of aromatic nitrogens is 1. The van der Waals surface area contributed by atoms with Gasteiger partial charge < -0.3 is 14.6 Å². The number of rotatable bonds is 7. The standard InChI is InChI=1S/C30H21ClF3NO5/c31-25-14-24-23(29(37)38)11-12-39-27(24)15-28(25)40-22-9-4-18(5-10-22)26(36)13-21-8-3-19(16-35-21)17-1-6-20(7-2-17)30(32,33)34/h1-10,14-16,23H,11-13H2,(H,37,38). The van der Waals surface area contributed by atoms with Gasteiger partial charge in [-0.25, -0.2) is 0 Å². The fourth-order valence-electron chi connectivity index (χ4n) is 4.38. The molecular weight excluding hydrogens is 547 g/mol. The Bertz CT molecular complexity index is 1550. The highest BCUT2D eigenvalue weighted by atomic mass is 35.5. The van der Waals surface area contributed by atoms with Gasteiger partial charge in [0.2, 0.25) is 0 Å². The molecule has 1 aliphatic heterocycles. The first-order chi connectivity index (χ1) is 19.1. The number of carbonyl (C=O) groups excluding carboxylic acids is 1. The number of halogens is 4. The van der Waals surface area contributed by atoms with Crippen LogP contribution in [0, 0.1) is 0 Å². The first-order valence-electron chi connectivity index (χ1n) is 12.2. The number of ether oxygens (including phenoxy) is 2. The Labute approximate surface area is 232 Å². The molecule has 4 aromatic rings. The third kappa shape index (κ3) is 5.94. The van der Waals surface area contributed by atoms with Crippen molar-refractivity contribution < 1.29 is 37.3 Å². The van der Waals surface area contributed by atoms with E-state index in [2.05, 4.69) is 4.98 Å². The van der Waals surface area contributed by atoms with Crippen molar-refractivity contribution in [2.45, 2.75) is 24.9 Å². The lowest BCUT2D eigenvalue weighted by Gasteiger charge is -2.24. The number of pyridine rings is 1. The first-order valence-corrected chi connectivity index (χ1v) is 12.6. The number of Topliss-reactive ketones (excluding diaryl/α,β-unsaturated/α-hetero) is 1. The van der Waals surface area contributed by atoms with Crippen molar-refractivity contribution in [2.75, 3.05) is 6.61 Å². The van der Waals surface area contributed by atoms with Crippen LogP contribution < -0.4 is 9.47 Å². The molecule has 0 amide bonds. The molecular formula is C30H21ClF3NO5. The maximum absolute atomic E-state index is 12.8. The van der Waals surface area contributed by atoms with E-state index in [4.69, 9.17) is 21.1 Å². The average Bonchev–Trinajstić information content (AvgIpc) is 2.93. The maximum atomic E-state index is 12.8. The van der Waals surface area contributed by atoms with Crippen molar-refractivity contribution in [3.8, 4) is 28.4 Å². The van der Waals surface area contributed by atoms with Gasteiger partial charge in [-0.1, -0.05) is 29.8 Å². The SMILES string of the molecule is O=C(Cc1ccc(-c2ccc(C(F)(F)F)cc2)cn1)c1ccc(Oc2cc3c(cc2Cl)C(C(=O)O)CCO3)cc1. The zero-order chi connectivity index (χ0) is 28.4. The largest absolute Gasteiger partial charge is 0.493 e. The van der Waals surface area contributed by atoms with E-state index in [-0.39, 0.29) is 23.8 Å². The lowest BCUT2D eigenvalue weighted by Crippen LogP contribution is -2.20. The van der Waals surface area contributed by atoms with E-state index < -0.39 is 23.6 Å². The van der Waals surface area contributed by atoms with Gasteiger partial charge in [0.25, 0.3) is 0 Å². The van der Waals surface area contributed by atoms with E-state index >= 15 is 0 Å². The lowest BCUT2D eigenvalue weighted by atomic mass is 9.93. The first kappa shape index (κ1) is 27.2. The highest BCUT2D eigenvalue weighted by Crippen LogP contribution is 2.42. The Hall–Kier alpha value is -4.37. The Morgan fingerprint density at radius 1 is 1.00 bits per heavy atom. The van der Waals surface area contributed by atoms with Gasteiger partial charge in [-0.15, -0.1) is 0 Å². The minimum atomic E-state index is -4.40. The summed E-state index contributed by atoms with van der Waals surface area (Å²) in [5, 5.41) is 9.68. The van der Waals surface area contributed by atoms with Crippen LogP contribution in [0.1, 0.15) is 39.5 Å². The number of carboxylic acid groups (broad SMARTS) is 1. The second-order valence-electron chi connectivity index (χ2n) is 9.19. The number of aliphatic carboxylic acids is 1. The Morgan fingerprint density at radius 2 is 1.70 bits per heavy atom. The Balaban J connectivity index is 1.23. The smallest absolute Gasteiger partial charge is 0.416 e. The molecule has 0 bridgehead atoms. The Kier molecular flexibility index (Phi) is 7.49. The molecule has 1 aromatic heterocycles. The normalized spacial score (nSPS) is 14.7. The van der Waals surface area contributed by atoms with Crippen molar-refractivity contribution in [2.24, 2.45) is 0 Å². The topological polar surface area (TPSA) is 85.7 Å². The van der Waals surface area contributed by atoms with E-state index in [0.29, 0.717) is 51.6 Å². The summed E-state index contributed by atoms with van der Waals surface area (Å²) in [6, 6.07) is 17.7. The van der Waals surface area contributed by atoms with Gasteiger partial charge in [0.05, 0.1) is 29.5 Å². The molecule has 5 rings (SSSR count). The molecule has 40 heavy (non-hydrogen) atoms. The number of nitrogens with zero attached hydrogens (tertiary/aromatic N) is 1. The van der Waals surface area contributed by atoms with Gasteiger partial charge in [0.15, 0.2) is 5.78 Å². The van der Waals surface area contributed by atoms with Crippen LogP contribution in [0.4, 0.5) is 13.2 Å². The number of alkyl halides is 3. The average molecular weight is 568 g/mol. The molecule has 0 fully saturated rings. The van der Waals surface area contributed by atoms with E-state index in [0.717, 1.165) is 12.1 Å². The van der Waals surface area contributed by atoms with Crippen LogP contribution in [-0.4, -0.2) is 28.4 Å². The van der Waals surface area contributed by atoms with E-state index in [1.807, 2.05) is 0 Å². The second kappa shape index (κ2) is 11.0. The summed E-state index contributed by atoms with van der Waals surface area (Å²) >= 11 is 6.35. The lowest BCUT2D eigenvalue weighted by molar-refractivity contribution is -0.139. The molecule has 0 saturated carbocycles. The van der Waals surface area contributed by atoms with Crippen LogP contribution in [-0.2, 0) is 17.4 Å². The van der Waals surface area contributed by atoms with Crippen molar-refractivity contribution in [3.63, 3.8) is 0 Å². The van der Waals surface area contributed by atoms with Crippen molar-refractivity contribution in [1.82, 2.24) is 4.98 Å². The maximum Gasteiger partial charge on any atom is 0.416 e. The number of fused-ring (bicyclic) bond motifs is 1. The fraction of sp³-hybridized carbons (Fsp3) is 0.167. The van der Waals surface area contributed by atoms with Crippen LogP contribution in [0.15, 0.2) is 79.0 Å². The van der Waals surface area contributed by atoms with Crippen LogP contribution in [0.25, 0.3) is 11.1 Å². The quantitative estimate of drug-likeness (QED) is 0.232. The molecule has 1 atom stereocenters. The van der Waals surface area contributed by atoms with Crippen molar-refractivity contribution >= 4 is 23.4 Å². The van der Waals surface area contributed by atoms with E-state index in [9.17, 15) is 27.9 Å². The molecule has 3 aromatic carbocycles. The van der Waals surface area contributed by atoms with Gasteiger partial charge in [-0.3, -0.25) is 14.6 Å². The molecule has 0 radical (unpaired) electrons. The molecule has 10 heteroatoms. The fourth-order valence-corrected chi connectivity index (χ4v) is 4.59. The van der Waals surface area contributed by atoms with Crippen LogP contribution in [0.2, 0.25) is 5.02 Å². The predicted octanol–water partition coefficient (Wildman–Crippen LogP) is 7.59. The van der Waals surface area contributed by atoms with Gasteiger partial charge in [-0.2, -0.15) is 13.2 Å². The third-order valence-electron chi connectivity index (χ3n) is 6.52. The molecule has 1 unspecified atom stereocenters. The number of carboxylic acids is 1. The van der Waals surface area contributed by atoms with E-state index in [1.165, 1.54) is 24.4 Å². The molecule has 204 valence electrons. The number of ketones is 1. The summed E-state index contributed by atoms with van der Waals surface area (Å²) in [6.07, 6.45) is -2.49. The molecule has 1 aliphatic rings. The summed E-state index contributed by atoms with van der Waals surface area (Å²) in [6.45, 7) is 0.272. The summed E-state index contributed by atoms with van der Waals surface area (Å²) < 4.78 is 49.8. The number of hydrogen-bond acceptors (Lipinski definition) is 5. The highest BCUT2D eigenvalue weighted by molar-refractivity contribution is 6.32. The number of benzene rings is 3. The monoisotopic (exact) mass is 567 g/mol. The van der Waals surface area contributed by atoms with Crippen molar-refractivity contribution in [3.05, 3.63) is 106 Å². The van der Waals surface area contributed by atoms with Crippen LogP contribution in [0.5, 0.6) is 17.2 Å². The zero-order valence-electron chi connectivity index (χ0n) is 20.7. The predicted molar refractivity (Wildman–Crippen MR) is 141 cm³/mol. The molecule has 0 saturated heterocycles. The molecule has 0 spiro atoms. The minimum absolute atomic E-state index is 0.0340. The van der Waals surface area contributed by atoms with Gasteiger partial charge in [-0.05, 0) is 60.5 Å². The van der Waals surface area contributed by atoms with Gasteiger partial charge >= 0.3 is 12.1 Å². The zero-order valence-corrected chi connectivity index (χ0v) is 21.5.